The number of rotatable bonds is 3. The van der Waals surface area contributed by atoms with Crippen LogP contribution >= 0.6 is 23.2 Å². The maximum atomic E-state index is 12.4. The molecule has 26 heavy (non-hydrogen) atoms. The first-order chi connectivity index (χ1) is 12.4. The molecule has 1 aliphatic heterocycles. The molecule has 1 N–H and O–H groups in total. The number of anilines is 2. The molecule has 1 heterocycles. The zero-order chi connectivity index (χ0) is 18.7. The zero-order valence-electron chi connectivity index (χ0n) is 14.3. The van der Waals surface area contributed by atoms with Crippen LogP contribution in [0.2, 0.25) is 10.0 Å². The van der Waals surface area contributed by atoms with Crippen molar-refractivity contribution in [2.75, 3.05) is 36.4 Å². The van der Waals surface area contributed by atoms with E-state index in [-0.39, 0.29) is 11.8 Å². The third kappa shape index (κ3) is 4.48. The molecule has 2 aromatic rings. The number of urea groups is 1. The molecule has 0 unspecified atom stereocenters. The number of benzene rings is 2. The SMILES string of the molecule is CC(=O)c1ccc(N2CCN(C(=O)Nc3cc(Cl)cc(Cl)c3)CC2)cc1. The lowest BCUT2D eigenvalue weighted by Crippen LogP contribution is -2.50. The van der Waals surface area contributed by atoms with Crippen LogP contribution in [0.4, 0.5) is 16.2 Å². The van der Waals surface area contributed by atoms with Crippen molar-refractivity contribution in [2.45, 2.75) is 6.92 Å². The highest BCUT2D eigenvalue weighted by molar-refractivity contribution is 6.35. The Balaban J connectivity index is 1.57. The van der Waals surface area contributed by atoms with E-state index in [4.69, 9.17) is 23.2 Å². The Morgan fingerprint density at radius 3 is 2.04 bits per heavy atom. The van der Waals surface area contributed by atoms with E-state index >= 15 is 0 Å². The lowest BCUT2D eigenvalue weighted by molar-refractivity contribution is 0.101. The summed E-state index contributed by atoms with van der Waals surface area (Å²) in [5.41, 5.74) is 2.33. The summed E-state index contributed by atoms with van der Waals surface area (Å²) in [6.45, 7) is 4.22. The summed E-state index contributed by atoms with van der Waals surface area (Å²) in [6, 6.07) is 12.3. The Morgan fingerprint density at radius 1 is 0.923 bits per heavy atom. The normalized spacial score (nSPS) is 14.3. The second-order valence-corrected chi connectivity index (χ2v) is 7.04. The molecular weight excluding hydrogens is 373 g/mol. The number of ketones is 1. The van der Waals surface area contributed by atoms with Crippen molar-refractivity contribution in [2.24, 2.45) is 0 Å². The van der Waals surface area contributed by atoms with E-state index in [1.54, 1.807) is 30.0 Å². The second-order valence-electron chi connectivity index (χ2n) is 6.17. The van der Waals surface area contributed by atoms with Crippen LogP contribution in [0.15, 0.2) is 42.5 Å². The van der Waals surface area contributed by atoms with E-state index in [0.717, 1.165) is 18.8 Å². The molecule has 0 bridgehead atoms. The molecule has 0 saturated carbocycles. The van der Waals surface area contributed by atoms with Crippen molar-refractivity contribution in [3.8, 4) is 0 Å². The molecule has 2 amide bonds. The Labute approximate surface area is 162 Å². The first kappa shape index (κ1) is 18.5. The fraction of sp³-hybridized carbons (Fsp3) is 0.263. The van der Waals surface area contributed by atoms with Crippen molar-refractivity contribution >= 4 is 46.4 Å². The number of piperazine rings is 1. The second kappa shape index (κ2) is 7.98. The number of Topliss-reactive ketones (excluding diaryl/α,β-unsaturated/α-hetero) is 1. The predicted molar refractivity (Wildman–Crippen MR) is 106 cm³/mol. The highest BCUT2D eigenvalue weighted by Crippen LogP contribution is 2.23. The quantitative estimate of drug-likeness (QED) is 0.780. The van der Waals surface area contributed by atoms with Gasteiger partial charge in [-0.05, 0) is 49.4 Å². The van der Waals surface area contributed by atoms with Gasteiger partial charge in [0.2, 0.25) is 0 Å². The van der Waals surface area contributed by atoms with E-state index in [9.17, 15) is 9.59 Å². The lowest BCUT2D eigenvalue weighted by atomic mass is 10.1. The molecule has 3 rings (SSSR count). The first-order valence-corrected chi connectivity index (χ1v) is 9.06. The van der Waals surface area contributed by atoms with Crippen LogP contribution in [0, 0.1) is 0 Å². The highest BCUT2D eigenvalue weighted by Gasteiger charge is 2.21. The number of amides is 2. The summed E-state index contributed by atoms with van der Waals surface area (Å²) in [5, 5.41) is 3.79. The Kier molecular flexibility index (Phi) is 5.69. The van der Waals surface area contributed by atoms with Crippen LogP contribution in [-0.2, 0) is 0 Å². The minimum atomic E-state index is -0.171. The molecule has 1 aliphatic rings. The average Bonchev–Trinajstić information content (AvgIpc) is 2.61. The van der Waals surface area contributed by atoms with Gasteiger partial charge in [-0.15, -0.1) is 0 Å². The van der Waals surface area contributed by atoms with Gasteiger partial charge in [0.15, 0.2) is 5.78 Å². The zero-order valence-corrected chi connectivity index (χ0v) is 15.8. The number of carbonyl (C=O) groups is 2. The predicted octanol–water partition coefficient (Wildman–Crippen LogP) is 4.55. The van der Waals surface area contributed by atoms with Crippen molar-refractivity contribution in [3.05, 3.63) is 58.1 Å². The number of carbonyl (C=O) groups excluding carboxylic acids is 2. The average molecular weight is 392 g/mol. The number of nitrogens with zero attached hydrogens (tertiary/aromatic N) is 2. The summed E-state index contributed by atoms with van der Waals surface area (Å²) in [6.07, 6.45) is 0. The maximum absolute atomic E-state index is 12.4. The molecule has 1 fully saturated rings. The summed E-state index contributed by atoms with van der Waals surface area (Å²) in [4.78, 5) is 27.7. The fourth-order valence-corrected chi connectivity index (χ4v) is 3.43. The largest absolute Gasteiger partial charge is 0.368 e. The first-order valence-electron chi connectivity index (χ1n) is 8.30. The van der Waals surface area contributed by atoms with Gasteiger partial charge >= 0.3 is 6.03 Å². The smallest absolute Gasteiger partial charge is 0.321 e. The van der Waals surface area contributed by atoms with Crippen LogP contribution < -0.4 is 10.2 Å². The minimum absolute atomic E-state index is 0.0548. The summed E-state index contributed by atoms with van der Waals surface area (Å²) < 4.78 is 0. The highest BCUT2D eigenvalue weighted by atomic mass is 35.5. The molecule has 0 atom stereocenters. The fourth-order valence-electron chi connectivity index (χ4n) is 2.90. The van der Waals surface area contributed by atoms with Crippen LogP contribution in [0.3, 0.4) is 0 Å². The van der Waals surface area contributed by atoms with Crippen molar-refractivity contribution in [1.82, 2.24) is 4.90 Å². The Morgan fingerprint density at radius 2 is 1.50 bits per heavy atom. The summed E-state index contributed by atoms with van der Waals surface area (Å²) in [7, 11) is 0. The third-order valence-corrected chi connectivity index (χ3v) is 4.76. The van der Waals surface area contributed by atoms with E-state index in [1.807, 2.05) is 24.3 Å². The summed E-state index contributed by atoms with van der Waals surface area (Å²) in [5.74, 6) is 0.0548. The molecule has 0 spiro atoms. The third-order valence-electron chi connectivity index (χ3n) is 4.32. The molecule has 136 valence electrons. The van der Waals surface area contributed by atoms with Crippen molar-refractivity contribution in [1.29, 1.82) is 0 Å². The molecule has 0 aromatic heterocycles. The molecule has 2 aromatic carbocycles. The summed E-state index contributed by atoms with van der Waals surface area (Å²) >= 11 is 11.9. The molecule has 0 aliphatic carbocycles. The van der Waals surface area contributed by atoms with Crippen LogP contribution in [0.25, 0.3) is 0 Å². The number of hydrogen-bond acceptors (Lipinski definition) is 3. The molecule has 0 radical (unpaired) electrons. The minimum Gasteiger partial charge on any atom is -0.368 e. The van der Waals surface area contributed by atoms with Gasteiger partial charge in [-0.25, -0.2) is 4.79 Å². The number of halogens is 2. The van der Waals surface area contributed by atoms with E-state index in [1.165, 1.54) is 0 Å². The number of hydrogen-bond donors (Lipinski definition) is 1. The van der Waals surface area contributed by atoms with E-state index < -0.39 is 0 Å². The van der Waals surface area contributed by atoms with E-state index in [0.29, 0.717) is 34.4 Å². The van der Waals surface area contributed by atoms with Gasteiger partial charge in [0.1, 0.15) is 0 Å². The van der Waals surface area contributed by atoms with Crippen LogP contribution in [-0.4, -0.2) is 42.9 Å². The van der Waals surface area contributed by atoms with Crippen molar-refractivity contribution < 1.29 is 9.59 Å². The molecule has 7 heteroatoms. The van der Waals surface area contributed by atoms with Gasteiger partial charge in [-0.3, -0.25) is 4.79 Å². The van der Waals surface area contributed by atoms with Gasteiger partial charge in [0, 0.05) is 53.2 Å². The molecule has 1 saturated heterocycles. The lowest BCUT2D eigenvalue weighted by Gasteiger charge is -2.36. The van der Waals surface area contributed by atoms with Gasteiger partial charge in [0.25, 0.3) is 0 Å². The van der Waals surface area contributed by atoms with Crippen molar-refractivity contribution in [3.63, 3.8) is 0 Å². The number of nitrogens with one attached hydrogen (secondary N) is 1. The van der Waals surface area contributed by atoms with Gasteiger partial charge < -0.3 is 15.1 Å². The van der Waals surface area contributed by atoms with Crippen LogP contribution in [0.1, 0.15) is 17.3 Å². The topological polar surface area (TPSA) is 52.7 Å². The van der Waals surface area contributed by atoms with E-state index in [2.05, 4.69) is 10.2 Å². The standard InChI is InChI=1S/C19H19Cl2N3O2/c1-13(25)14-2-4-18(5-3-14)23-6-8-24(9-7-23)19(26)22-17-11-15(20)10-16(21)12-17/h2-5,10-12H,6-9H2,1H3,(H,22,26). The monoisotopic (exact) mass is 391 g/mol. The van der Waals surface area contributed by atoms with Gasteiger partial charge in [-0.1, -0.05) is 23.2 Å². The molecule has 5 nitrogen and oxygen atoms in total. The maximum Gasteiger partial charge on any atom is 0.321 e. The van der Waals surface area contributed by atoms with Gasteiger partial charge in [-0.2, -0.15) is 0 Å². The van der Waals surface area contributed by atoms with Gasteiger partial charge in [0.05, 0.1) is 0 Å². The molecular formula is C19H19Cl2N3O2. The van der Waals surface area contributed by atoms with Crippen LogP contribution in [0.5, 0.6) is 0 Å². The Bertz CT molecular complexity index is 796. The Hall–Kier alpha value is -2.24.